The Balaban J connectivity index is 2.23. The van der Waals surface area contributed by atoms with Gasteiger partial charge in [0.1, 0.15) is 0 Å². The number of ether oxygens (including phenoxy) is 1. The lowest BCUT2D eigenvalue weighted by atomic mass is 9.97. The van der Waals surface area contributed by atoms with Gasteiger partial charge in [0.2, 0.25) is 5.91 Å². The van der Waals surface area contributed by atoms with E-state index in [-0.39, 0.29) is 24.0 Å². The molecule has 1 amide bonds. The highest BCUT2D eigenvalue weighted by Gasteiger charge is 2.36. The van der Waals surface area contributed by atoms with Crippen molar-refractivity contribution in [3.05, 3.63) is 29.8 Å². The standard InChI is InChI=1S/C17H26N2O2/c1-4-16-15(9-10-21-16)17(20)19(12(2)3)14-7-5-13(11-18)6-8-14/h5-8,12,15-16H,4,9-11,18H2,1-3H3. The first-order valence-corrected chi connectivity index (χ1v) is 7.82. The lowest BCUT2D eigenvalue weighted by Crippen LogP contribution is -2.43. The van der Waals surface area contributed by atoms with Gasteiger partial charge in [-0.2, -0.15) is 0 Å². The lowest BCUT2D eigenvalue weighted by Gasteiger charge is -2.31. The fourth-order valence-electron chi connectivity index (χ4n) is 2.98. The van der Waals surface area contributed by atoms with E-state index in [1.54, 1.807) is 0 Å². The Morgan fingerprint density at radius 2 is 2.05 bits per heavy atom. The fraction of sp³-hybridized carbons (Fsp3) is 0.588. The van der Waals surface area contributed by atoms with E-state index < -0.39 is 0 Å². The summed E-state index contributed by atoms with van der Waals surface area (Å²) in [5.74, 6) is 0.154. The number of hydrogen-bond acceptors (Lipinski definition) is 3. The number of benzene rings is 1. The van der Waals surface area contributed by atoms with Crippen LogP contribution in [0.1, 0.15) is 39.2 Å². The predicted molar refractivity (Wildman–Crippen MR) is 85.1 cm³/mol. The molecule has 1 saturated heterocycles. The zero-order valence-electron chi connectivity index (χ0n) is 13.2. The van der Waals surface area contributed by atoms with Crippen LogP contribution in [-0.2, 0) is 16.1 Å². The number of carbonyl (C=O) groups is 1. The molecule has 1 aliphatic heterocycles. The third kappa shape index (κ3) is 3.44. The average Bonchev–Trinajstić information content (AvgIpc) is 2.96. The van der Waals surface area contributed by atoms with Crippen LogP contribution in [0.25, 0.3) is 0 Å². The van der Waals surface area contributed by atoms with Gasteiger partial charge in [-0.05, 0) is 44.4 Å². The largest absolute Gasteiger partial charge is 0.377 e. The summed E-state index contributed by atoms with van der Waals surface area (Å²) in [5.41, 5.74) is 7.65. The minimum absolute atomic E-state index is 0.0217. The molecule has 0 spiro atoms. The summed E-state index contributed by atoms with van der Waals surface area (Å²) in [7, 11) is 0. The number of hydrogen-bond donors (Lipinski definition) is 1. The van der Waals surface area contributed by atoms with Gasteiger partial charge < -0.3 is 15.4 Å². The molecule has 0 saturated carbocycles. The third-order valence-corrected chi connectivity index (χ3v) is 4.13. The van der Waals surface area contributed by atoms with E-state index in [4.69, 9.17) is 10.5 Å². The Bertz CT molecular complexity index is 470. The van der Waals surface area contributed by atoms with Crippen LogP contribution in [0.4, 0.5) is 5.69 Å². The van der Waals surface area contributed by atoms with Crippen LogP contribution in [0.15, 0.2) is 24.3 Å². The van der Waals surface area contributed by atoms with Gasteiger partial charge in [-0.3, -0.25) is 4.79 Å². The molecule has 0 radical (unpaired) electrons. The van der Waals surface area contributed by atoms with E-state index in [0.29, 0.717) is 13.2 Å². The highest BCUT2D eigenvalue weighted by Crippen LogP contribution is 2.29. The molecule has 2 unspecified atom stereocenters. The maximum Gasteiger partial charge on any atom is 0.233 e. The second-order valence-corrected chi connectivity index (χ2v) is 5.89. The summed E-state index contributed by atoms with van der Waals surface area (Å²) in [6, 6.07) is 8.06. The summed E-state index contributed by atoms with van der Waals surface area (Å²) < 4.78 is 5.67. The summed E-state index contributed by atoms with van der Waals surface area (Å²) in [4.78, 5) is 14.8. The second kappa shape index (κ2) is 7.05. The maximum atomic E-state index is 12.9. The molecule has 1 aromatic carbocycles. The van der Waals surface area contributed by atoms with Crippen molar-refractivity contribution in [3.8, 4) is 0 Å². The summed E-state index contributed by atoms with van der Waals surface area (Å²) in [6.07, 6.45) is 1.76. The Hall–Kier alpha value is -1.39. The first-order valence-electron chi connectivity index (χ1n) is 7.82. The van der Waals surface area contributed by atoms with E-state index >= 15 is 0 Å². The number of amides is 1. The first-order chi connectivity index (χ1) is 10.1. The summed E-state index contributed by atoms with van der Waals surface area (Å²) >= 11 is 0. The van der Waals surface area contributed by atoms with Crippen LogP contribution in [0.2, 0.25) is 0 Å². The van der Waals surface area contributed by atoms with Crippen molar-refractivity contribution in [2.75, 3.05) is 11.5 Å². The topological polar surface area (TPSA) is 55.6 Å². The third-order valence-electron chi connectivity index (χ3n) is 4.13. The number of nitrogens with two attached hydrogens (primary N) is 1. The van der Waals surface area contributed by atoms with E-state index in [1.807, 2.05) is 43.0 Å². The predicted octanol–water partition coefficient (Wildman–Crippen LogP) is 2.70. The molecule has 2 N–H and O–H groups in total. The molecule has 21 heavy (non-hydrogen) atoms. The van der Waals surface area contributed by atoms with Gasteiger partial charge in [0.25, 0.3) is 0 Å². The second-order valence-electron chi connectivity index (χ2n) is 5.89. The van der Waals surface area contributed by atoms with Gasteiger partial charge in [-0.1, -0.05) is 19.1 Å². The van der Waals surface area contributed by atoms with E-state index in [0.717, 1.165) is 24.1 Å². The Labute approximate surface area is 127 Å². The normalized spacial score (nSPS) is 21.8. The van der Waals surface area contributed by atoms with Crippen molar-refractivity contribution in [1.82, 2.24) is 0 Å². The Morgan fingerprint density at radius 1 is 1.38 bits per heavy atom. The monoisotopic (exact) mass is 290 g/mol. The van der Waals surface area contributed by atoms with Crippen molar-refractivity contribution < 1.29 is 9.53 Å². The average molecular weight is 290 g/mol. The zero-order valence-corrected chi connectivity index (χ0v) is 13.2. The molecule has 4 nitrogen and oxygen atoms in total. The van der Waals surface area contributed by atoms with Crippen LogP contribution < -0.4 is 10.6 Å². The maximum absolute atomic E-state index is 12.9. The van der Waals surface area contributed by atoms with Gasteiger partial charge in [-0.25, -0.2) is 0 Å². The first kappa shape index (κ1) is 16.0. The molecule has 2 rings (SSSR count). The van der Waals surface area contributed by atoms with Crippen molar-refractivity contribution in [2.45, 2.75) is 52.3 Å². The quantitative estimate of drug-likeness (QED) is 0.907. The molecule has 1 fully saturated rings. The van der Waals surface area contributed by atoms with Gasteiger partial charge in [0.15, 0.2) is 0 Å². The highest BCUT2D eigenvalue weighted by atomic mass is 16.5. The Morgan fingerprint density at radius 3 is 2.57 bits per heavy atom. The molecule has 1 aliphatic rings. The SMILES string of the molecule is CCC1OCCC1C(=O)N(c1ccc(CN)cc1)C(C)C. The van der Waals surface area contributed by atoms with Crippen molar-refractivity contribution >= 4 is 11.6 Å². The van der Waals surface area contributed by atoms with Crippen LogP contribution in [0, 0.1) is 5.92 Å². The number of carbonyl (C=O) groups excluding carboxylic acids is 1. The van der Waals surface area contributed by atoms with Gasteiger partial charge in [0, 0.05) is 24.9 Å². The minimum atomic E-state index is -0.0217. The van der Waals surface area contributed by atoms with Crippen LogP contribution >= 0.6 is 0 Å². The van der Waals surface area contributed by atoms with Crippen molar-refractivity contribution in [2.24, 2.45) is 11.7 Å². The fourth-order valence-corrected chi connectivity index (χ4v) is 2.98. The van der Waals surface area contributed by atoms with E-state index in [9.17, 15) is 4.79 Å². The molecule has 2 atom stereocenters. The number of nitrogens with zero attached hydrogens (tertiary/aromatic N) is 1. The van der Waals surface area contributed by atoms with Gasteiger partial charge in [-0.15, -0.1) is 0 Å². The lowest BCUT2D eigenvalue weighted by molar-refractivity contribution is -0.124. The van der Waals surface area contributed by atoms with Gasteiger partial charge >= 0.3 is 0 Å². The highest BCUT2D eigenvalue weighted by molar-refractivity contribution is 5.96. The molecule has 0 bridgehead atoms. The zero-order chi connectivity index (χ0) is 15.4. The van der Waals surface area contributed by atoms with E-state index in [2.05, 4.69) is 6.92 Å². The summed E-state index contributed by atoms with van der Waals surface area (Å²) in [6.45, 7) is 7.38. The van der Waals surface area contributed by atoms with E-state index in [1.165, 1.54) is 0 Å². The molecule has 0 aromatic heterocycles. The molecule has 1 aromatic rings. The Kier molecular flexibility index (Phi) is 5.37. The molecular formula is C17H26N2O2. The molecule has 0 aliphatic carbocycles. The van der Waals surface area contributed by atoms with Crippen molar-refractivity contribution in [1.29, 1.82) is 0 Å². The smallest absolute Gasteiger partial charge is 0.233 e. The van der Waals surface area contributed by atoms with Crippen molar-refractivity contribution in [3.63, 3.8) is 0 Å². The molecule has 4 heteroatoms. The number of anilines is 1. The summed E-state index contributed by atoms with van der Waals surface area (Å²) in [5, 5.41) is 0. The van der Waals surface area contributed by atoms with Crippen LogP contribution in [0.5, 0.6) is 0 Å². The minimum Gasteiger partial charge on any atom is -0.377 e. The van der Waals surface area contributed by atoms with Gasteiger partial charge in [0.05, 0.1) is 12.0 Å². The number of rotatable bonds is 5. The van der Waals surface area contributed by atoms with Crippen LogP contribution in [-0.4, -0.2) is 24.7 Å². The molecule has 1 heterocycles. The molecule has 116 valence electrons. The van der Waals surface area contributed by atoms with Crippen LogP contribution in [0.3, 0.4) is 0 Å². The molecular weight excluding hydrogens is 264 g/mol.